The van der Waals surface area contributed by atoms with Crippen LogP contribution in [0, 0.1) is 5.92 Å². The van der Waals surface area contributed by atoms with Gasteiger partial charge < -0.3 is 35.1 Å². The van der Waals surface area contributed by atoms with Crippen LogP contribution < -0.4 is 25.6 Å². The topological polar surface area (TPSA) is 108 Å². The van der Waals surface area contributed by atoms with Crippen molar-refractivity contribution < 1.29 is 19.1 Å². The highest BCUT2D eigenvalue weighted by molar-refractivity contribution is 5.90. The summed E-state index contributed by atoms with van der Waals surface area (Å²) in [5, 5.41) is 9.80. The Bertz CT molecular complexity index is 1150. The molecule has 3 N–H and O–H groups in total. The second-order valence-corrected chi connectivity index (χ2v) is 12.7. The summed E-state index contributed by atoms with van der Waals surface area (Å²) in [5.74, 6) is 2.39. The van der Waals surface area contributed by atoms with Gasteiger partial charge in [0.25, 0.3) is 0 Å². The Morgan fingerprint density at radius 3 is 2.38 bits per heavy atom. The quantitative estimate of drug-likeness (QED) is 0.218. The minimum absolute atomic E-state index is 0.0211. The van der Waals surface area contributed by atoms with Crippen molar-refractivity contribution in [3.63, 3.8) is 0 Å². The van der Waals surface area contributed by atoms with Crippen molar-refractivity contribution in [2.75, 3.05) is 69.7 Å². The Balaban J connectivity index is 0.00000271. The Labute approximate surface area is 269 Å². The van der Waals surface area contributed by atoms with Crippen LogP contribution in [0.15, 0.2) is 54.4 Å². The third kappa shape index (κ3) is 14.4. The maximum Gasteiger partial charge on any atom is 0.225 e. The Hall–Kier alpha value is -3.47. The normalized spacial score (nSPS) is 15.5. The smallest absolute Gasteiger partial charge is 0.225 e. The van der Waals surface area contributed by atoms with E-state index in [9.17, 15) is 4.79 Å². The molecule has 4 rings (SSSR count). The SMILES string of the molecule is C=O.COc1ccc(CNCCC(=O)Nc2ccc(N3CCN(CC(CCNC=C4CC4)CCOC(C)(C)C)CC3)nc2)cc1. The number of rotatable bonds is 17. The lowest BCUT2D eigenvalue weighted by atomic mass is 10.00. The van der Waals surface area contributed by atoms with Gasteiger partial charge in [-0.25, -0.2) is 4.98 Å². The van der Waals surface area contributed by atoms with Gasteiger partial charge in [-0.05, 0) is 88.4 Å². The summed E-state index contributed by atoms with van der Waals surface area (Å²) in [6.45, 7) is 16.6. The van der Waals surface area contributed by atoms with Crippen molar-refractivity contribution in [3.8, 4) is 5.75 Å². The minimum atomic E-state index is -0.0915. The number of nitrogens with one attached hydrogen (secondary N) is 3. The Kier molecular flexibility index (Phi) is 15.3. The van der Waals surface area contributed by atoms with Crippen LogP contribution in [0.5, 0.6) is 5.75 Å². The molecule has 1 unspecified atom stereocenters. The molecule has 1 aliphatic carbocycles. The van der Waals surface area contributed by atoms with Gasteiger partial charge in [0, 0.05) is 65.4 Å². The molecule has 10 heteroatoms. The van der Waals surface area contributed by atoms with Crippen molar-refractivity contribution in [2.24, 2.45) is 5.92 Å². The molecule has 2 fully saturated rings. The number of pyridine rings is 1. The monoisotopic (exact) mass is 622 g/mol. The van der Waals surface area contributed by atoms with Crippen LogP contribution in [0.3, 0.4) is 0 Å². The van der Waals surface area contributed by atoms with Crippen LogP contribution in [0.2, 0.25) is 0 Å². The van der Waals surface area contributed by atoms with Gasteiger partial charge in [0.05, 0.1) is 24.6 Å². The third-order valence-corrected chi connectivity index (χ3v) is 7.86. The lowest BCUT2D eigenvalue weighted by Crippen LogP contribution is -2.48. The summed E-state index contributed by atoms with van der Waals surface area (Å²) < 4.78 is 11.2. The molecule has 1 aliphatic heterocycles. The van der Waals surface area contributed by atoms with Crippen LogP contribution in [0.1, 0.15) is 58.4 Å². The summed E-state index contributed by atoms with van der Waals surface area (Å²) in [6, 6.07) is 11.9. The lowest BCUT2D eigenvalue weighted by molar-refractivity contribution is -0.116. The molecular weight excluding hydrogens is 568 g/mol. The number of anilines is 2. The summed E-state index contributed by atoms with van der Waals surface area (Å²) >= 11 is 0. The van der Waals surface area contributed by atoms with Crippen molar-refractivity contribution in [3.05, 3.63) is 59.9 Å². The lowest BCUT2D eigenvalue weighted by Gasteiger charge is -2.37. The summed E-state index contributed by atoms with van der Waals surface area (Å²) in [4.78, 5) is 30.0. The molecule has 1 atom stereocenters. The average Bonchev–Trinajstić information content (AvgIpc) is 3.87. The van der Waals surface area contributed by atoms with Crippen molar-refractivity contribution in [1.29, 1.82) is 0 Å². The maximum atomic E-state index is 12.4. The Morgan fingerprint density at radius 1 is 1.02 bits per heavy atom. The van der Waals surface area contributed by atoms with Crippen molar-refractivity contribution >= 4 is 24.2 Å². The van der Waals surface area contributed by atoms with Crippen molar-refractivity contribution in [2.45, 2.75) is 65.0 Å². The van der Waals surface area contributed by atoms with Gasteiger partial charge in [-0.2, -0.15) is 0 Å². The average molecular weight is 623 g/mol. The number of carbonyl (C=O) groups is 2. The fourth-order valence-corrected chi connectivity index (χ4v) is 5.15. The van der Waals surface area contributed by atoms with Crippen LogP contribution >= 0.6 is 0 Å². The highest BCUT2D eigenvalue weighted by Crippen LogP contribution is 2.26. The molecule has 0 radical (unpaired) electrons. The fraction of sp³-hybridized carbons (Fsp3) is 0.571. The molecule has 248 valence electrons. The van der Waals surface area contributed by atoms with E-state index < -0.39 is 0 Å². The van der Waals surface area contributed by atoms with Gasteiger partial charge in [-0.3, -0.25) is 9.69 Å². The number of hydrogen-bond donors (Lipinski definition) is 3. The van der Waals surface area contributed by atoms with Gasteiger partial charge in [0.1, 0.15) is 18.4 Å². The predicted octanol–water partition coefficient (Wildman–Crippen LogP) is 4.62. The minimum Gasteiger partial charge on any atom is -0.497 e. The number of amides is 1. The fourth-order valence-electron chi connectivity index (χ4n) is 5.15. The van der Waals surface area contributed by atoms with E-state index in [1.165, 1.54) is 12.8 Å². The first-order valence-electron chi connectivity index (χ1n) is 16.2. The number of piperazine rings is 1. The van der Waals surface area contributed by atoms with Crippen LogP contribution in [-0.2, 0) is 20.9 Å². The van der Waals surface area contributed by atoms with Crippen LogP contribution in [-0.4, -0.2) is 87.7 Å². The van der Waals surface area contributed by atoms with E-state index in [0.717, 1.165) is 81.5 Å². The first-order valence-corrected chi connectivity index (χ1v) is 16.2. The summed E-state index contributed by atoms with van der Waals surface area (Å²) in [6.07, 6.45) is 9.14. The van der Waals surface area contributed by atoms with E-state index in [2.05, 4.69) is 57.7 Å². The number of benzene rings is 1. The number of methoxy groups -OCH3 is 1. The van der Waals surface area contributed by atoms with Gasteiger partial charge in [-0.1, -0.05) is 17.7 Å². The van der Waals surface area contributed by atoms with E-state index in [0.29, 0.717) is 25.4 Å². The molecule has 2 aromatic rings. The zero-order valence-electron chi connectivity index (χ0n) is 27.8. The highest BCUT2D eigenvalue weighted by Gasteiger charge is 2.22. The molecule has 1 saturated carbocycles. The molecule has 2 heterocycles. The second-order valence-electron chi connectivity index (χ2n) is 12.7. The molecule has 1 saturated heterocycles. The van der Waals surface area contributed by atoms with Gasteiger partial charge >= 0.3 is 0 Å². The molecule has 1 aromatic heterocycles. The zero-order valence-corrected chi connectivity index (χ0v) is 27.8. The van der Waals surface area contributed by atoms with Crippen LogP contribution in [0.25, 0.3) is 0 Å². The number of hydrogen-bond acceptors (Lipinski definition) is 9. The highest BCUT2D eigenvalue weighted by atomic mass is 16.5. The zero-order chi connectivity index (χ0) is 32.5. The molecule has 0 spiro atoms. The van der Waals surface area contributed by atoms with E-state index in [1.807, 2.05) is 43.2 Å². The standard InChI is InChI=1S/C34H52N6O3.CH2O/c1-34(2,3)43-22-15-29(13-16-35-23-27-5-6-27)26-39-18-20-40(21-19-39)32-12-9-30(25-37-32)38-33(41)14-17-36-24-28-7-10-31(42-4)11-8-28;1-2/h7-12,23,25,29,35-36H,5-6,13-22,24,26H2,1-4H3,(H,38,41);1H2. The summed E-state index contributed by atoms with van der Waals surface area (Å²) in [7, 11) is 1.66. The molecule has 2 aliphatic rings. The summed E-state index contributed by atoms with van der Waals surface area (Å²) in [5.41, 5.74) is 3.34. The van der Waals surface area contributed by atoms with E-state index >= 15 is 0 Å². The van der Waals surface area contributed by atoms with Gasteiger partial charge in [-0.15, -0.1) is 0 Å². The molecule has 1 amide bonds. The second kappa shape index (κ2) is 19.1. The predicted molar refractivity (Wildman–Crippen MR) is 182 cm³/mol. The maximum absolute atomic E-state index is 12.4. The Morgan fingerprint density at radius 2 is 1.76 bits per heavy atom. The van der Waals surface area contributed by atoms with E-state index in [-0.39, 0.29) is 11.5 Å². The molecule has 0 bridgehead atoms. The number of allylic oxidation sites excluding steroid dienone is 1. The third-order valence-electron chi connectivity index (χ3n) is 7.86. The molecule has 45 heavy (non-hydrogen) atoms. The van der Waals surface area contributed by atoms with E-state index in [1.54, 1.807) is 18.9 Å². The molecular formula is C35H54N6O4. The van der Waals surface area contributed by atoms with E-state index in [4.69, 9.17) is 14.3 Å². The van der Waals surface area contributed by atoms with Gasteiger partial charge in [0.15, 0.2) is 0 Å². The number of aromatic nitrogens is 1. The number of nitrogens with zero attached hydrogens (tertiary/aromatic N) is 3. The molecule has 1 aromatic carbocycles. The van der Waals surface area contributed by atoms with Gasteiger partial charge in [0.2, 0.25) is 5.91 Å². The number of carbonyl (C=O) groups excluding carboxylic acids is 2. The largest absolute Gasteiger partial charge is 0.497 e. The first-order chi connectivity index (χ1) is 21.8. The molecule has 10 nitrogen and oxygen atoms in total. The number of ether oxygens (including phenoxy) is 2. The first kappa shape index (κ1) is 36.0. The van der Waals surface area contributed by atoms with Crippen LogP contribution in [0.4, 0.5) is 11.5 Å². The van der Waals surface area contributed by atoms with Crippen molar-refractivity contribution in [1.82, 2.24) is 20.5 Å².